The third-order valence-corrected chi connectivity index (χ3v) is 4.79. The highest BCUT2D eigenvalue weighted by Gasteiger charge is 2.31. The number of ketones is 1. The minimum atomic E-state index is -0.0648. The van der Waals surface area contributed by atoms with Crippen molar-refractivity contribution in [1.82, 2.24) is 0 Å². The van der Waals surface area contributed by atoms with Crippen molar-refractivity contribution in [2.75, 3.05) is 0 Å². The Morgan fingerprint density at radius 1 is 1.29 bits per heavy atom. The van der Waals surface area contributed by atoms with Crippen molar-refractivity contribution in [3.63, 3.8) is 0 Å². The molecule has 90 valence electrons. The van der Waals surface area contributed by atoms with Crippen LogP contribution in [0.5, 0.6) is 0 Å². The molecule has 1 aromatic rings. The van der Waals surface area contributed by atoms with Gasteiger partial charge in [-0.05, 0) is 23.6 Å². The van der Waals surface area contributed by atoms with Gasteiger partial charge in [-0.15, -0.1) is 0 Å². The van der Waals surface area contributed by atoms with E-state index in [1.807, 2.05) is 38.1 Å². The summed E-state index contributed by atoms with van der Waals surface area (Å²) in [6.07, 6.45) is 0.757. The molecule has 0 aliphatic heterocycles. The first-order valence-electron chi connectivity index (χ1n) is 5.69. The van der Waals surface area contributed by atoms with Crippen molar-refractivity contribution < 1.29 is 4.79 Å². The summed E-state index contributed by atoms with van der Waals surface area (Å²) in [7, 11) is 0. The third kappa shape index (κ3) is 2.34. The standard InChI is InChI=1S/C14H14BrClO/c1-8-7-11(13(15)9(2)14(8)17)10-5-3-4-6-12(10)16/h3-6,8-9H,7H2,1-2H3. The normalized spacial score (nSPS) is 25.3. The number of Topliss-reactive ketones (excluding diaryl/α,β-unsaturated/α-hetero) is 1. The van der Waals surface area contributed by atoms with Crippen LogP contribution in [0.3, 0.4) is 0 Å². The summed E-state index contributed by atoms with van der Waals surface area (Å²) in [5.41, 5.74) is 2.20. The molecule has 17 heavy (non-hydrogen) atoms. The molecule has 0 heterocycles. The lowest BCUT2D eigenvalue weighted by Gasteiger charge is -2.26. The molecule has 2 atom stereocenters. The Balaban J connectivity index is 2.52. The summed E-state index contributed by atoms with van der Waals surface area (Å²) in [6.45, 7) is 3.92. The molecular weight excluding hydrogens is 300 g/mol. The van der Waals surface area contributed by atoms with Crippen molar-refractivity contribution in [2.45, 2.75) is 20.3 Å². The summed E-state index contributed by atoms with van der Waals surface area (Å²) >= 11 is 9.77. The summed E-state index contributed by atoms with van der Waals surface area (Å²) in [6, 6.07) is 7.78. The molecule has 1 aromatic carbocycles. The molecular formula is C14H14BrClO. The maximum absolute atomic E-state index is 11.9. The second-order valence-electron chi connectivity index (χ2n) is 4.54. The SMILES string of the molecule is CC1CC(c2ccccc2Cl)=C(Br)C(C)C1=O. The van der Waals surface area contributed by atoms with Gasteiger partial charge in [0.15, 0.2) is 0 Å². The molecule has 0 spiro atoms. The topological polar surface area (TPSA) is 17.1 Å². The van der Waals surface area contributed by atoms with Gasteiger partial charge >= 0.3 is 0 Å². The van der Waals surface area contributed by atoms with Gasteiger partial charge in [0.1, 0.15) is 5.78 Å². The third-order valence-electron chi connectivity index (χ3n) is 3.29. The van der Waals surface area contributed by atoms with Crippen molar-refractivity contribution in [2.24, 2.45) is 11.8 Å². The fraction of sp³-hybridized carbons (Fsp3) is 0.357. The van der Waals surface area contributed by atoms with E-state index in [-0.39, 0.29) is 11.8 Å². The van der Waals surface area contributed by atoms with E-state index in [0.717, 1.165) is 27.1 Å². The molecule has 0 amide bonds. The first-order chi connectivity index (χ1) is 8.02. The van der Waals surface area contributed by atoms with Crippen LogP contribution in [0.25, 0.3) is 5.57 Å². The number of halogens is 2. The maximum atomic E-state index is 11.9. The van der Waals surface area contributed by atoms with Gasteiger partial charge < -0.3 is 0 Å². The lowest BCUT2D eigenvalue weighted by atomic mass is 9.80. The van der Waals surface area contributed by atoms with Crippen molar-refractivity contribution in [3.8, 4) is 0 Å². The molecule has 0 saturated carbocycles. The van der Waals surface area contributed by atoms with Crippen LogP contribution in [0.1, 0.15) is 25.8 Å². The van der Waals surface area contributed by atoms with E-state index in [1.165, 1.54) is 0 Å². The molecule has 0 radical (unpaired) electrons. The van der Waals surface area contributed by atoms with Gasteiger partial charge in [-0.25, -0.2) is 0 Å². The first kappa shape index (κ1) is 12.8. The fourth-order valence-electron chi connectivity index (χ4n) is 2.26. The Bertz CT molecular complexity index is 493. The minimum absolute atomic E-state index is 0.0648. The average Bonchev–Trinajstić information content (AvgIpc) is 2.32. The zero-order valence-corrected chi connectivity index (χ0v) is 12.2. The Kier molecular flexibility index (Phi) is 3.74. The first-order valence-corrected chi connectivity index (χ1v) is 6.86. The maximum Gasteiger partial charge on any atom is 0.143 e. The summed E-state index contributed by atoms with van der Waals surface area (Å²) in [5.74, 6) is 0.301. The molecule has 0 bridgehead atoms. The van der Waals surface area contributed by atoms with E-state index in [4.69, 9.17) is 11.6 Å². The Labute approximate surface area is 115 Å². The molecule has 2 unspecified atom stereocenters. The van der Waals surface area contributed by atoms with Crippen LogP contribution in [-0.2, 0) is 4.79 Å². The number of allylic oxidation sites excluding steroid dienone is 2. The highest BCUT2D eigenvalue weighted by molar-refractivity contribution is 9.11. The largest absolute Gasteiger partial charge is 0.299 e. The predicted octanol–water partition coefficient (Wildman–Crippen LogP) is 4.69. The van der Waals surface area contributed by atoms with Crippen LogP contribution in [-0.4, -0.2) is 5.78 Å². The van der Waals surface area contributed by atoms with E-state index in [0.29, 0.717) is 5.78 Å². The monoisotopic (exact) mass is 312 g/mol. The molecule has 3 heteroatoms. The number of rotatable bonds is 1. The average molecular weight is 314 g/mol. The van der Waals surface area contributed by atoms with E-state index in [2.05, 4.69) is 15.9 Å². The van der Waals surface area contributed by atoms with E-state index >= 15 is 0 Å². The second kappa shape index (κ2) is 4.95. The van der Waals surface area contributed by atoms with Gasteiger partial charge in [0, 0.05) is 21.3 Å². The summed E-state index contributed by atoms with van der Waals surface area (Å²) < 4.78 is 0.980. The van der Waals surface area contributed by atoms with Crippen LogP contribution >= 0.6 is 27.5 Å². The van der Waals surface area contributed by atoms with Crippen LogP contribution in [0.4, 0.5) is 0 Å². The van der Waals surface area contributed by atoms with E-state index < -0.39 is 0 Å². The Morgan fingerprint density at radius 2 is 1.94 bits per heavy atom. The molecule has 0 saturated heterocycles. The van der Waals surface area contributed by atoms with Crippen LogP contribution < -0.4 is 0 Å². The molecule has 1 aliphatic rings. The van der Waals surface area contributed by atoms with Crippen molar-refractivity contribution >= 4 is 38.9 Å². The lowest BCUT2D eigenvalue weighted by molar-refractivity contribution is -0.124. The van der Waals surface area contributed by atoms with Gasteiger partial charge in [0.05, 0.1) is 0 Å². The molecule has 0 aromatic heterocycles. The van der Waals surface area contributed by atoms with Gasteiger partial charge in [0.25, 0.3) is 0 Å². The van der Waals surface area contributed by atoms with Crippen LogP contribution in [0, 0.1) is 11.8 Å². The summed E-state index contributed by atoms with van der Waals surface area (Å²) in [4.78, 5) is 11.9. The quantitative estimate of drug-likeness (QED) is 0.735. The smallest absolute Gasteiger partial charge is 0.143 e. The second-order valence-corrected chi connectivity index (χ2v) is 5.80. The molecule has 1 aliphatic carbocycles. The lowest BCUT2D eigenvalue weighted by Crippen LogP contribution is -2.25. The highest BCUT2D eigenvalue weighted by atomic mass is 79.9. The zero-order valence-electron chi connectivity index (χ0n) is 9.84. The van der Waals surface area contributed by atoms with Gasteiger partial charge in [-0.2, -0.15) is 0 Å². The summed E-state index contributed by atoms with van der Waals surface area (Å²) in [5, 5.41) is 0.744. The molecule has 1 nitrogen and oxygen atoms in total. The highest BCUT2D eigenvalue weighted by Crippen LogP contribution is 2.41. The van der Waals surface area contributed by atoms with E-state index in [9.17, 15) is 4.79 Å². The predicted molar refractivity (Wildman–Crippen MR) is 75.3 cm³/mol. The van der Waals surface area contributed by atoms with Gasteiger partial charge in [-0.1, -0.05) is 59.6 Å². The number of benzene rings is 1. The number of hydrogen-bond acceptors (Lipinski definition) is 1. The van der Waals surface area contributed by atoms with Gasteiger partial charge in [0.2, 0.25) is 0 Å². The zero-order chi connectivity index (χ0) is 12.6. The number of carbonyl (C=O) groups is 1. The molecule has 0 N–H and O–H groups in total. The number of hydrogen-bond donors (Lipinski definition) is 0. The van der Waals surface area contributed by atoms with Crippen LogP contribution in [0.15, 0.2) is 28.7 Å². The Hall–Kier alpha value is -0.600. The van der Waals surface area contributed by atoms with Gasteiger partial charge in [-0.3, -0.25) is 4.79 Å². The van der Waals surface area contributed by atoms with Crippen LogP contribution in [0.2, 0.25) is 5.02 Å². The molecule has 0 fully saturated rings. The van der Waals surface area contributed by atoms with Crippen molar-refractivity contribution in [3.05, 3.63) is 39.3 Å². The molecule has 2 rings (SSSR count). The van der Waals surface area contributed by atoms with E-state index in [1.54, 1.807) is 0 Å². The van der Waals surface area contributed by atoms with Crippen molar-refractivity contribution in [1.29, 1.82) is 0 Å². The number of carbonyl (C=O) groups excluding carboxylic acids is 1. The Morgan fingerprint density at radius 3 is 2.59 bits per heavy atom. The minimum Gasteiger partial charge on any atom is -0.299 e. The fourth-order valence-corrected chi connectivity index (χ4v) is 3.11.